The summed E-state index contributed by atoms with van der Waals surface area (Å²) in [5, 5.41) is 19.2. The van der Waals surface area contributed by atoms with Gasteiger partial charge in [0, 0.05) is 23.2 Å². The summed E-state index contributed by atoms with van der Waals surface area (Å²) in [7, 11) is 0. The first-order valence-electron chi connectivity index (χ1n) is 12.7. The third-order valence-electron chi connectivity index (χ3n) is 6.06. The van der Waals surface area contributed by atoms with E-state index in [9.17, 15) is 14.7 Å². The fourth-order valence-electron chi connectivity index (χ4n) is 4.29. The van der Waals surface area contributed by atoms with Gasteiger partial charge in [0.25, 0.3) is 0 Å². The van der Waals surface area contributed by atoms with Crippen molar-refractivity contribution < 1.29 is 43.8 Å². The van der Waals surface area contributed by atoms with E-state index in [-0.39, 0.29) is 30.0 Å². The van der Waals surface area contributed by atoms with Crippen molar-refractivity contribution in [1.29, 1.82) is 0 Å². The average molecular weight is 559 g/mol. The molecule has 0 aliphatic rings. The number of benzene rings is 2. The molecule has 208 valence electrons. The molecule has 4 aromatic heterocycles. The molecule has 12 heteroatoms. The number of carboxylic acids is 1. The zero-order chi connectivity index (χ0) is 27.9. The molecule has 0 saturated carbocycles. The molecule has 0 atom stereocenters. The van der Waals surface area contributed by atoms with Gasteiger partial charge in [-0.3, -0.25) is 19.3 Å². The SMILES string of the molecule is CCOC(=O)c1nn(Cc2ccccn2)c2ccccc12.O=C(O)c1nn(Cc2ccccn2)c2ccccc12.[Li+].[OH-]. The second-order valence-corrected chi connectivity index (χ2v) is 8.71. The van der Waals surface area contributed by atoms with Crippen LogP contribution in [0.5, 0.6) is 0 Å². The molecule has 6 rings (SSSR count). The molecule has 6 aromatic rings. The minimum Gasteiger partial charge on any atom is -0.870 e. The van der Waals surface area contributed by atoms with E-state index in [1.165, 1.54) is 0 Å². The molecule has 11 nitrogen and oxygen atoms in total. The van der Waals surface area contributed by atoms with E-state index in [1.54, 1.807) is 34.7 Å². The maximum atomic E-state index is 12.0. The number of esters is 1. The Balaban J connectivity index is 0.000000221. The minimum atomic E-state index is -1.02. The maximum absolute atomic E-state index is 12.0. The van der Waals surface area contributed by atoms with Gasteiger partial charge in [-0.15, -0.1) is 0 Å². The molecule has 4 heterocycles. The van der Waals surface area contributed by atoms with E-state index in [2.05, 4.69) is 20.2 Å². The molecular weight excluding hydrogens is 531 g/mol. The molecule has 2 aromatic carbocycles. The predicted molar refractivity (Wildman–Crippen MR) is 151 cm³/mol. The molecule has 0 aliphatic carbocycles. The minimum absolute atomic E-state index is 0. The number of nitrogens with zero attached hydrogens (tertiary/aromatic N) is 6. The van der Waals surface area contributed by atoms with Crippen LogP contribution in [0, 0.1) is 0 Å². The molecule has 0 saturated heterocycles. The zero-order valence-electron chi connectivity index (χ0n) is 23.2. The molecule has 0 aliphatic heterocycles. The Bertz CT molecular complexity index is 1770. The summed E-state index contributed by atoms with van der Waals surface area (Å²) in [6.45, 7) is 3.08. The Morgan fingerprint density at radius 3 is 1.62 bits per heavy atom. The Morgan fingerprint density at radius 2 is 1.17 bits per heavy atom. The van der Waals surface area contributed by atoms with E-state index < -0.39 is 11.9 Å². The Kier molecular flexibility index (Phi) is 11.1. The number of carbonyl (C=O) groups is 2. The molecule has 2 N–H and O–H groups in total. The van der Waals surface area contributed by atoms with Gasteiger partial charge >= 0.3 is 30.8 Å². The fraction of sp³-hybridized carbons (Fsp3) is 0.133. The number of hydrogen-bond acceptors (Lipinski definition) is 8. The van der Waals surface area contributed by atoms with Crippen molar-refractivity contribution in [2.24, 2.45) is 0 Å². The van der Waals surface area contributed by atoms with Gasteiger partial charge in [0.1, 0.15) is 0 Å². The summed E-state index contributed by atoms with van der Waals surface area (Å²) in [6, 6.07) is 26.3. The van der Waals surface area contributed by atoms with Crippen LogP contribution in [-0.2, 0) is 17.8 Å². The molecule has 0 unspecified atom stereocenters. The van der Waals surface area contributed by atoms with Crippen LogP contribution in [-0.4, -0.2) is 58.7 Å². The predicted octanol–water partition coefficient (Wildman–Crippen LogP) is 1.66. The van der Waals surface area contributed by atoms with Crippen LogP contribution in [0.15, 0.2) is 97.3 Å². The van der Waals surface area contributed by atoms with Crippen molar-refractivity contribution in [3.63, 3.8) is 0 Å². The first kappa shape index (κ1) is 31.7. The quantitative estimate of drug-likeness (QED) is 0.227. The number of aromatic carboxylic acids is 1. The number of rotatable bonds is 7. The summed E-state index contributed by atoms with van der Waals surface area (Å²) >= 11 is 0. The number of aromatic nitrogens is 6. The van der Waals surface area contributed by atoms with Gasteiger partial charge in [0.15, 0.2) is 11.4 Å². The monoisotopic (exact) mass is 558 g/mol. The second kappa shape index (κ2) is 14.7. The topological polar surface area (TPSA) is 155 Å². The summed E-state index contributed by atoms with van der Waals surface area (Å²) in [6.07, 6.45) is 3.45. The van der Waals surface area contributed by atoms with E-state index in [0.717, 1.165) is 27.8 Å². The smallest absolute Gasteiger partial charge is 0.870 e. The van der Waals surface area contributed by atoms with Crippen molar-refractivity contribution in [2.75, 3.05) is 6.61 Å². The Morgan fingerprint density at radius 1 is 0.714 bits per heavy atom. The number of pyridine rings is 2. The van der Waals surface area contributed by atoms with Crippen LogP contribution in [0.3, 0.4) is 0 Å². The van der Waals surface area contributed by atoms with Crippen LogP contribution >= 0.6 is 0 Å². The maximum Gasteiger partial charge on any atom is 1.00 e. The fourth-order valence-corrected chi connectivity index (χ4v) is 4.29. The van der Waals surface area contributed by atoms with E-state index in [1.807, 2.05) is 78.9 Å². The molecular formula is C30H27LiN6O5. The average Bonchev–Trinajstić information content (AvgIpc) is 3.54. The molecule has 0 spiro atoms. The van der Waals surface area contributed by atoms with Crippen molar-refractivity contribution in [3.8, 4) is 0 Å². The van der Waals surface area contributed by atoms with Gasteiger partial charge in [-0.25, -0.2) is 9.59 Å². The molecule has 0 radical (unpaired) electrons. The van der Waals surface area contributed by atoms with Crippen molar-refractivity contribution in [1.82, 2.24) is 29.5 Å². The van der Waals surface area contributed by atoms with Gasteiger partial charge in [0.05, 0.1) is 42.1 Å². The zero-order valence-corrected chi connectivity index (χ0v) is 23.2. The van der Waals surface area contributed by atoms with Gasteiger partial charge in [-0.1, -0.05) is 48.5 Å². The number of carboxylic acid groups (broad SMARTS) is 1. The first-order chi connectivity index (χ1) is 19.5. The molecule has 0 bridgehead atoms. The Hall–Kier alpha value is -4.82. The van der Waals surface area contributed by atoms with Crippen LogP contribution in [0.4, 0.5) is 0 Å². The summed E-state index contributed by atoms with van der Waals surface area (Å²) in [4.78, 5) is 31.7. The third-order valence-corrected chi connectivity index (χ3v) is 6.06. The van der Waals surface area contributed by atoms with E-state index in [4.69, 9.17) is 4.74 Å². The second-order valence-electron chi connectivity index (χ2n) is 8.71. The third kappa shape index (κ3) is 7.08. The molecule has 0 amide bonds. The van der Waals surface area contributed by atoms with Crippen molar-refractivity contribution in [2.45, 2.75) is 20.0 Å². The van der Waals surface area contributed by atoms with Crippen LogP contribution in [0.2, 0.25) is 0 Å². The van der Waals surface area contributed by atoms with Crippen LogP contribution < -0.4 is 18.9 Å². The van der Waals surface area contributed by atoms with Crippen molar-refractivity contribution >= 4 is 33.7 Å². The number of para-hydroxylation sites is 2. The Labute approximate surface area is 253 Å². The van der Waals surface area contributed by atoms with Crippen molar-refractivity contribution in [3.05, 3.63) is 120 Å². The first-order valence-corrected chi connectivity index (χ1v) is 12.7. The number of carbonyl (C=O) groups excluding carboxylic acids is 1. The number of ether oxygens (including phenoxy) is 1. The van der Waals surface area contributed by atoms with E-state index >= 15 is 0 Å². The largest absolute Gasteiger partial charge is 1.00 e. The molecule has 0 fully saturated rings. The van der Waals surface area contributed by atoms with Gasteiger partial charge in [-0.2, -0.15) is 10.2 Å². The van der Waals surface area contributed by atoms with Gasteiger partial charge in [0.2, 0.25) is 0 Å². The number of hydrogen-bond donors (Lipinski definition) is 1. The van der Waals surface area contributed by atoms with Gasteiger partial charge < -0.3 is 15.3 Å². The summed E-state index contributed by atoms with van der Waals surface area (Å²) in [5.41, 5.74) is 3.85. The normalized spacial score (nSPS) is 10.2. The van der Waals surface area contributed by atoms with Crippen LogP contribution in [0.25, 0.3) is 21.8 Å². The summed E-state index contributed by atoms with van der Waals surface area (Å²) in [5.74, 6) is -1.41. The molecule has 42 heavy (non-hydrogen) atoms. The summed E-state index contributed by atoms with van der Waals surface area (Å²) < 4.78 is 8.52. The van der Waals surface area contributed by atoms with E-state index in [0.29, 0.717) is 30.8 Å². The number of fused-ring (bicyclic) bond motifs is 2. The van der Waals surface area contributed by atoms with Crippen LogP contribution in [0.1, 0.15) is 39.3 Å². The van der Waals surface area contributed by atoms with Gasteiger partial charge in [-0.05, 0) is 43.3 Å². The standard InChI is InChI=1S/C16H15N3O2.C14H11N3O2.Li.H2O/c1-2-21-16(20)15-13-8-3-4-9-14(13)19(18-15)11-12-7-5-6-10-17-12;18-14(19)13-11-6-1-2-7-12(11)17(16-13)9-10-5-3-4-8-15-10;;/h3-10H,2,11H2,1H3;1-8H,9H2,(H,18,19);;1H2/q;;+1;/p-1.